The number of hydrogen-bond acceptors (Lipinski definition) is 15. The van der Waals surface area contributed by atoms with Crippen LogP contribution in [0.15, 0.2) is 198 Å². The molecule has 5 aromatic carbocycles. The van der Waals surface area contributed by atoms with Gasteiger partial charge in [-0.2, -0.15) is 5.10 Å². The largest absolute Gasteiger partial charge is 0.504 e. The Balaban J connectivity index is 0.984. The number of hydrogen-bond donors (Lipinski definition) is 3. The summed E-state index contributed by atoms with van der Waals surface area (Å²) >= 11 is 2.50. The van der Waals surface area contributed by atoms with Crippen LogP contribution in [0.1, 0.15) is 81.2 Å². The van der Waals surface area contributed by atoms with E-state index in [1.54, 1.807) is 45.3 Å². The van der Waals surface area contributed by atoms with Crippen molar-refractivity contribution in [2.45, 2.75) is 75.8 Å². The molecule has 16 nitrogen and oxygen atoms in total. The Bertz CT molecular complexity index is 3550. The summed E-state index contributed by atoms with van der Waals surface area (Å²) in [6.07, 6.45) is 3.97. The molecule has 0 spiro atoms. The number of anilines is 1. The lowest BCUT2D eigenvalue weighted by molar-refractivity contribution is -0.179. The highest BCUT2D eigenvalue weighted by Crippen LogP contribution is 2.49. The second kappa shape index (κ2) is 22.7. The molecule has 2 amide bonds. The van der Waals surface area contributed by atoms with Gasteiger partial charge < -0.3 is 35.0 Å². The fraction of sp³-hybridized carbons (Fsp3) is 0.238. The highest BCUT2D eigenvalue weighted by Gasteiger charge is 2.60. The molecule has 6 aromatic rings. The van der Waals surface area contributed by atoms with Gasteiger partial charge in [0.25, 0.3) is 5.91 Å². The number of rotatable bonds is 17. The zero-order valence-electron chi connectivity index (χ0n) is 45.3. The lowest BCUT2D eigenvalue weighted by Gasteiger charge is -2.54. The van der Waals surface area contributed by atoms with E-state index in [9.17, 15) is 24.3 Å². The molecular formula is C63H59N7O9S2. The van der Waals surface area contributed by atoms with E-state index in [0.29, 0.717) is 22.0 Å². The molecule has 4 heterocycles. The fourth-order valence-corrected chi connectivity index (χ4v) is 12.3. The number of fused-ring (bicyclic) bond motifs is 2. The number of benzene rings is 6. The Hall–Kier alpha value is -8.87. The molecule has 2 unspecified atom stereocenters. The number of nitrogens with zero attached hydrogens (tertiary/aromatic N) is 5. The van der Waals surface area contributed by atoms with Crippen molar-refractivity contribution in [3.63, 3.8) is 0 Å². The first-order valence-corrected chi connectivity index (χ1v) is 28.2. The molecule has 81 heavy (non-hydrogen) atoms. The van der Waals surface area contributed by atoms with Gasteiger partial charge >= 0.3 is 11.9 Å². The van der Waals surface area contributed by atoms with Crippen molar-refractivity contribution < 1.29 is 38.6 Å². The highest BCUT2D eigenvalue weighted by molar-refractivity contribution is 8.00. The number of oxime groups is 1. The molecule has 3 N–H and O–H groups in total. The fourth-order valence-electron chi connectivity index (χ4n) is 10.0. The number of thioether (sulfide) groups is 1. The van der Waals surface area contributed by atoms with Crippen molar-refractivity contribution in [1.29, 1.82) is 0 Å². The van der Waals surface area contributed by atoms with Crippen LogP contribution in [0.5, 0.6) is 5.75 Å². The molecule has 0 bridgehead atoms. The number of allylic oxidation sites excluding steroid dienone is 1. The van der Waals surface area contributed by atoms with Crippen molar-refractivity contribution in [2.24, 2.45) is 10.6 Å². The summed E-state index contributed by atoms with van der Waals surface area (Å²) in [5.74, 6) is -3.07. The second-order valence-electron chi connectivity index (χ2n) is 21.2. The Morgan fingerprint density at radius 1 is 0.790 bits per heavy atom. The standard InChI is InChI=1S/C63H59N7O9S2/c1-7-50(70-36-43-34-49(72)48(71)33-42(43)35-64-70)62(58(76)77-53(40-23-13-8-14-24-40)41-25-15-9-16-26-41)38-69-55(74)52(56(69)81-39-62)66-54(73)51(68-79-61(5,6)57(75)78-60(2,3)4)47-37-80-59(65-47)67-63(44-27-17-10-18-28-44,45-29-19-11-20-30-45)46-31-21-12-22-32-46/h7-37,52-53,56,72H,38-39H2,1-6H3,(H,65,67)(H,66,73)/t52?,56-,62?/m1/s1. The quantitative estimate of drug-likeness (QED) is 0.0256. The molecule has 412 valence electrons. The zero-order valence-corrected chi connectivity index (χ0v) is 46.9. The molecule has 1 aliphatic carbocycles. The van der Waals surface area contributed by atoms with E-state index in [1.807, 2.05) is 152 Å². The number of nitrogens with one attached hydrogen (secondary N) is 2. The van der Waals surface area contributed by atoms with Crippen LogP contribution in [0.25, 0.3) is 16.8 Å². The Kier molecular flexibility index (Phi) is 15.5. The number of aromatic nitrogens is 3. The lowest BCUT2D eigenvalue weighted by Crippen LogP contribution is -2.74. The van der Waals surface area contributed by atoms with Crippen LogP contribution in [-0.2, 0) is 39.0 Å². The summed E-state index contributed by atoms with van der Waals surface area (Å²) in [6, 6.07) is 50.1. The number of ether oxygens (including phenoxy) is 2. The van der Waals surface area contributed by atoms with E-state index in [-0.39, 0.29) is 23.7 Å². The summed E-state index contributed by atoms with van der Waals surface area (Å²) in [4.78, 5) is 83.4. The van der Waals surface area contributed by atoms with Gasteiger partial charge in [0, 0.05) is 35.0 Å². The number of phenols is 1. The summed E-state index contributed by atoms with van der Waals surface area (Å²) in [5.41, 5.74) is -0.355. The van der Waals surface area contributed by atoms with Crippen LogP contribution >= 0.6 is 23.1 Å². The number of β-lactam (4-membered cyclic amide) rings is 1. The third kappa shape index (κ3) is 11.2. The van der Waals surface area contributed by atoms with Crippen LogP contribution in [0.2, 0.25) is 0 Å². The van der Waals surface area contributed by atoms with Crippen molar-refractivity contribution in [3.8, 4) is 16.9 Å². The number of carbonyl (C=O) groups excluding carboxylic acids is 4. The zero-order chi connectivity index (χ0) is 57.1. The molecule has 10 rings (SSSR count). The van der Waals surface area contributed by atoms with Crippen molar-refractivity contribution in [1.82, 2.24) is 25.0 Å². The molecule has 0 saturated carbocycles. The van der Waals surface area contributed by atoms with Crippen LogP contribution < -0.4 is 16.1 Å². The highest BCUT2D eigenvalue weighted by atomic mass is 32.2. The predicted molar refractivity (Wildman–Crippen MR) is 312 cm³/mol. The van der Waals surface area contributed by atoms with E-state index < -0.39 is 74.6 Å². The Morgan fingerprint density at radius 3 is 1.89 bits per heavy atom. The van der Waals surface area contributed by atoms with Crippen molar-refractivity contribution >= 4 is 63.4 Å². The van der Waals surface area contributed by atoms with E-state index in [4.69, 9.17) is 19.3 Å². The SMILES string of the molecule is CC=C(n1cc2cc(O)c(=O)cc-2cn1)C1(C(=O)OC(c2ccccc2)c2ccccc2)CS[C@@H]2C(NC(=O)C(=NOC(C)(C)C(=O)OC(C)(C)C)c3csc(NC(c4ccccc4)(c4ccccc4)c4ccccc4)n3)C(=O)N2C1. The average molecular weight is 1120 g/mol. The molecule has 4 aliphatic rings. The van der Waals surface area contributed by atoms with E-state index >= 15 is 4.79 Å². The minimum absolute atomic E-state index is 0.0569. The van der Waals surface area contributed by atoms with Gasteiger partial charge in [-0.3, -0.25) is 19.2 Å². The Labute approximate surface area is 476 Å². The van der Waals surface area contributed by atoms with E-state index in [0.717, 1.165) is 27.8 Å². The van der Waals surface area contributed by atoms with Gasteiger partial charge in [-0.15, -0.1) is 23.1 Å². The molecule has 1 aromatic heterocycles. The number of aromatic hydroxyl groups is 1. The maximum Gasteiger partial charge on any atom is 0.353 e. The summed E-state index contributed by atoms with van der Waals surface area (Å²) in [6.45, 7) is 9.71. The number of carbonyl (C=O) groups is 4. The normalized spacial score (nSPS) is 17.7. The molecule has 3 atom stereocenters. The number of phenolic OH excluding ortho intramolecular Hbond substituents is 1. The van der Waals surface area contributed by atoms with Crippen molar-refractivity contribution in [2.75, 3.05) is 17.6 Å². The van der Waals surface area contributed by atoms with Crippen LogP contribution in [0.3, 0.4) is 0 Å². The average Bonchev–Trinajstić information content (AvgIpc) is 4.05. The van der Waals surface area contributed by atoms with Crippen molar-refractivity contribution in [3.05, 3.63) is 231 Å². The van der Waals surface area contributed by atoms with Gasteiger partial charge in [-0.1, -0.05) is 163 Å². The van der Waals surface area contributed by atoms with Gasteiger partial charge in [-0.05, 0) is 81.5 Å². The van der Waals surface area contributed by atoms with Gasteiger partial charge in [0.1, 0.15) is 33.7 Å². The molecule has 3 aliphatic heterocycles. The maximum absolute atomic E-state index is 15.4. The lowest BCUT2D eigenvalue weighted by atomic mass is 9.77. The number of esters is 2. The molecule has 0 radical (unpaired) electrons. The first kappa shape index (κ1) is 55.4. The molecule has 2 saturated heterocycles. The minimum Gasteiger partial charge on any atom is -0.504 e. The van der Waals surface area contributed by atoms with Gasteiger partial charge in [0.05, 0.1) is 11.9 Å². The first-order chi connectivity index (χ1) is 38.9. The van der Waals surface area contributed by atoms with Crippen LogP contribution in [0, 0.1) is 5.41 Å². The summed E-state index contributed by atoms with van der Waals surface area (Å²) < 4.78 is 13.8. The number of thiazole rings is 1. The van der Waals surface area contributed by atoms with E-state index in [2.05, 4.69) is 20.9 Å². The first-order valence-electron chi connectivity index (χ1n) is 26.2. The van der Waals surface area contributed by atoms with Gasteiger partial charge in [-0.25, -0.2) is 14.5 Å². The van der Waals surface area contributed by atoms with Gasteiger partial charge in [0.2, 0.25) is 16.9 Å². The third-order valence-electron chi connectivity index (χ3n) is 14.1. The Morgan fingerprint density at radius 2 is 1.35 bits per heavy atom. The number of amides is 2. The summed E-state index contributed by atoms with van der Waals surface area (Å²) in [7, 11) is 0. The van der Waals surface area contributed by atoms with E-state index in [1.165, 1.54) is 64.9 Å². The minimum atomic E-state index is -1.68. The second-order valence-corrected chi connectivity index (χ2v) is 23.2. The smallest absolute Gasteiger partial charge is 0.353 e. The molecule has 2 fully saturated rings. The summed E-state index contributed by atoms with van der Waals surface area (Å²) in [5, 5.41) is 27.5. The topological polar surface area (TPSA) is 204 Å². The van der Waals surface area contributed by atoms with Gasteiger partial charge in [0.15, 0.2) is 22.7 Å². The third-order valence-corrected chi connectivity index (χ3v) is 16.4. The molecular weight excluding hydrogens is 1060 g/mol. The maximum atomic E-state index is 15.4. The predicted octanol–water partition coefficient (Wildman–Crippen LogP) is 10.0. The van der Waals surface area contributed by atoms with Crippen LogP contribution in [-0.4, -0.2) is 89.2 Å². The monoisotopic (exact) mass is 1120 g/mol. The van der Waals surface area contributed by atoms with Crippen LogP contribution in [0.4, 0.5) is 5.13 Å². The molecule has 18 heteroatoms.